The van der Waals surface area contributed by atoms with E-state index in [0.29, 0.717) is 5.82 Å². The number of aromatic nitrogens is 2. The predicted molar refractivity (Wildman–Crippen MR) is 85.9 cm³/mol. The summed E-state index contributed by atoms with van der Waals surface area (Å²) in [6.45, 7) is 2.72. The quantitative estimate of drug-likeness (QED) is 0.843. The monoisotopic (exact) mass is 309 g/mol. The van der Waals surface area contributed by atoms with Crippen molar-refractivity contribution in [2.75, 3.05) is 25.2 Å². The lowest BCUT2D eigenvalue weighted by atomic mass is 9.88. The number of hydrogen-bond acceptors (Lipinski definition) is 6. The lowest BCUT2D eigenvalue weighted by Gasteiger charge is -2.36. The van der Waals surface area contributed by atoms with E-state index in [0.717, 1.165) is 12.2 Å². The molecule has 0 aromatic carbocycles. The Hall–Kier alpha value is -1.30. The Kier molecular flexibility index (Phi) is 5.45. The molecule has 21 heavy (non-hydrogen) atoms. The molecule has 1 aromatic rings. The number of rotatable bonds is 5. The van der Waals surface area contributed by atoms with Crippen molar-refractivity contribution in [2.45, 2.75) is 43.8 Å². The summed E-state index contributed by atoms with van der Waals surface area (Å²) in [5, 5.41) is 3.39. The number of hydrogen-bond donors (Lipinski definition) is 1. The largest absolute Gasteiger partial charge is 0.463 e. The summed E-state index contributed by atoms with van der Waals surface area (Å²) in [6, 6.07) is 1.86. The van der Waals surface area contributed by atoms with Crippen molar-refractivity contribution in [3.05, 3.63) is 17.6 Å². The molecule has 0 aliphatic heterocycles. The first-order valence-electron chi connectivity index (χ1n) is 7.31. The highest BCUT2D eigenvalue weighted by Gasteiger charge is 2.31. The van der Waals surface area contributed by atoms with E-state index >= 15 is 0 Å². The molecule has 116 valence electrons. The minimum absolute atomic E-state index is 0.113. The van der Waals surface area contributed by atoms with Gasteiger partial charge >= 0.3 is 5.97 Å². The van der Waals surface area contributed by atoms with E-state index < -0.39 is 5.97 Å². The first-order valence-corrected chi connectivity index (χ1v) is 8.54. The van der Waals surface area contributed by atoms with Crippen LogP contribution in [0, 0.1) is 6.92 Å². The lowest BCUT2D eigenvalue weighted by molar-refractivity contribution is 0.0586. The molecular weight excluding hydrogens is 286 g/mol. The standard InChI is InChI=1S/C15H23N3O2S/c1-11-9-12(18-13(17-11)14(19)20-2)16-10-15(21-3)7-5-4-6-8-15/h9H,4-8,10H2,1-3H3,(H,16,17,18). The van der Waals surface area contributed by atoms with E-state index in [1.807, 2.05) is 24.8 Å². The highest BCUT2D eigenvalue weighted by Crippen LogP contribution is 2.38. The average molecular weight is 309 g/mol. The molecule has 1 saturated carbocycles. The van der Waals surface area contributed by atoms with Crippen molar-refractivity contribution < 1.29 is 9.53 Å². The van der Waals surface area contributed by atoms with Gasteiger partial charge in [-0.15, -0.1) is 0 Å². The number of ether oxygens (including phenoxy) is 1. The van der Waals surface area contributed by atoms with Gasteiger partial charge in [-0.05, 0) is 26.0 Å². The van der Waals surface area contributed by atoms with Gasteiger partial charge in [0.2, 0.25) is 5.82 Å². The molecular formula is C15H23N3O2S. The number of nitrogens with one attached hydrogen (secondary N) is 1. The number of aryl methyl sites for hydroxylation is 1. The third-order valence-electron chi connectivity index (χ3n) is 4.01. The molecule has 0 saturated heterocycles. The lowest BCUT2D eigenvalue weighted by Crippen LogP contribution is -2.35. The molecule has 1 aliphatic rings. The second kappa shape index (κ2) is 7.11. The molecule has 1 aliphatic carbocycles. The molecule has 0 amide bonds. The van der Waals surface area contributed by atoms with Gasteiger partial charge < -0.3 is 10.1 Å². The first-order chi connectivity index (χ1) is 10.1. The van der Waals surface area contributed by atoms with Crippen LogP contribution in [0.4, 0.5) is 5.82 Å². The maximum absolute atomic E-state index is 11.6. The Labute approximate surface area is 130 Å². The Morgan fingerprint density at radius 2 is 2.10 bits per heavy atom. The molecule has 6 heteroatoms. The predicted octanol–water partition coefficient (Wildman–Crippen LogP) is 3.05. The fraction of sp³-hybridized carbons (Fsp3) is 0.667. The van der Waals surface area contributed by atoms with E-state index in [1.54, 1.807) is 0 Å². The average Bonchev–Trinajstić information content (AvgIpc) is 2.52. The fourth-order valence-corrected chi connectivity index (χ4v) is 3.66. The zero-order valence-electron chi connectivity index (χ0n) is 12.9. The molecule has 1 heterocycles. The smallest absolute Gasteiger partial charge is 0.376 e. The van der Waals surface area contributed by atoms with Crippen molar-refractivity contribution in [1.29, 1.82) is 0 Å². The van der Waals surface area contributed by atoms with Crippen LogP contribution < -0.4 is 5.32 Å². The Morgan fingerprint density at radius 3 is 2.71 bits per heavy atom. The fourth-order valence-electron chi connectivity index (χ4n) is 2.74. The molecule has 2 rings (SSSR count). The summed E-state index contributed by atoms with van der Waals surface area (Å²) < 4.78 is 4.97. The first kappa shape index (κ1) is 16.1. The molecule has 0 radical (unpaired) electrons. The second-order valence-electron chi connectivity index (χ2n) is 5.51. The van der Waals surface area contributed by atoms with Gasteiger partial charge in [0, 0.05) is 23.1 Å². The Bertz CT molecular complexity index is 502. The highest BCUT2D eigenvalue weighted by atomic mass is 32.2. The zero-order chi connectivity index (χ0) is 15.3. The van der Waals surface area contributed by atoms with Crippen molar-refractivity contribution in [3.63, 3.8) is 0 Å². The van der Waals surface area contributed by atoms with Crippen LogP contribution in [0.3, 0.4) is 0 Å². The number of carbonyl (C=O) groups excluding carboxylic acids is 1. The van der Waals surface area contributed by atoms with Crippen molar-refractivity contribution in [1.82, 2.24) is 9.97 Å². The van der Waals surface area contributed by atoms with Crippen LogP contribution in [0.15, 0.2) is 6.07 Å². The Morgan fingerprint density at radius 1 is 1.38 bits per heavy atom. The van der Waals surface area contributed by atoms with E-state index in [2.05, 4.69) is 26.3 Å². The van der Waals surface area contributed by atoms with Crippen LogP contribution in [0.2, 0.25) is 0 Å². The van der Waals surface area contributed by atoms with Crippen LogP contribution in [-0.4, -0.2) is 40.6 Å². The van der Waals surface area contributed by atoms with Crippen LogP contribution in [-0.2, 0) is 4.74 Å². The minimum atomic E-state index is -0.501. The van der Waals surface area contributed by atoms with Crippen molar-refractivity contribution in [3.8, 4) is 0 Å². The van der Waals surface area contributed by atoms with Crippen LogP contribution in [0.5, 0.6) is 0 Å². The van der Waals surface area contributed by atoms with Gasteiger partial charge in [-0.25, -0.2) is 14.8 Å². The maximum atomic E-state index is 11.6. The maximum Gasteiger partial charge on any atom is 0.376 e. The number of carbonyl (C=O) groups is 1. The summed E-state index contributed by atoms with van der Waals surface area (Å²) in [4.78, 5) is 19.9. The number of methoxy groups -OCH3 is 1. The molecule has 0 unspecified atom stereocenters. The molecule has 5 nitrogen and oxygen atoms in total. The van der Waals surface area contributed by atoms with Crippen molar-refractivity contribution >= 4 is 23.5 Å². The van der Waals surface area contributed by atoms with Crippen molar-refractivity contribution in [2.24, 2.45) is 0 Å². The molecule has 0 bridgehead atoms. The van der Waals surface area contributed by atoms with Gasteiger partial charge in [0.15, 0.2) is 0 Å². The number of thioether (sulfide) groups is 1. The Balaban J connectivity index is 2.08. The SMILES string of the molecule is COC(=O)c1nc(C)cc(NCC2(SC)CCCCC2)n1. The number of esters is 1. The van der Waals surface area contributed by atoms with Gasteiger partial charge in [-0.2, -0.15) is 11.8 Å². The summed E-state index contributed by atoms with van der Waals surface area (Å²) in [5.41, 5.74) is 0.759. The molecule has 1 aromatic heterocycles. The molecule has 1 N–H and O–H groups in total. The minimum Gasteiger partial charge on any atom is -0.463 e. The summed E-state index contributed by atoms with van der Waals surface area (Å²) in [6.07, 6.45) is 8.56. The summed E-state index contributed by atoms with van der Waals surface area (Å²) in [7, 11) is 1.34. The summed E-state index contributed by atoms with van der Waals surface area (Å²) >= 11 is 1.93. The van der Waals surface area contributed by atoms with Crippen LogP contribution >= 0.6 is 11.8 Å². The highest BCUT2D eigenvalue weighted by molar-refractivity contribution is 8.00. The van der Waals surface area contributed by atoms with Crippen LogP contribution in [0.25, 0.3) is 0 Å². The topological polar surface area (TPSA) is 64.1 Å². The summed E-state index contributed by atoms with van der Waals surface area (Å²) in [5.74, 6) is 0.308. The number of anilines is 1. The zero-order valence-corrected chi connectivity index (χ0v) is 13.8. The van der Waals surface area contributed by atoms with Gasteiger partial charge in [-0.3, -0.25) is 0 Å². The van der Waals surface area contributed by atoms with E-state index in [4.69, 9.17) is 0 Å². The van der Waals surface area contributed by atoms with Gasteiger partial charge in [-0.1, -0.05) is 19.3 Å². The molecule has 0 atom stereocenters. The molecule has 1 fully saturated rings. The second-order valence-corrected chi connectivity index (χ2v) is 6.79. The van der Waals surface area contributed by atoms with Gasteiger partial charge in [0.25, 0.3) is 0 Å². The number of nitrogens with zero attached hydrogens (tertiary/aromatic N) is 2. The normalized spacial score (nSPS) is 17.3. The van der Waals surface area contributed by atoms with Crippen LogP contribution in [0.1, 0.15) is 48.4 Å². The van der Waals surface area contributed by atoms with Gasteiger partial charge in [0.05, 0.1) is 7.11 Å². The van der Waals surface area contributed by atoms with E-state index in [1.165, 1.54) is 39.2 Å². The third kappa shape index (κ3) is 4.09. The van der Waals surface area contributed by atoms with E-state index in [-0.39, 0.29) is 10.6 Å². The third-order valence-corrected chi connectivity index (χ3v) is 5.43. The van der Waals surface area contributed by atoms with E-state index in [9.17, 15) is 4.79 Å². The molecule has 0 spiro atoms. The van der Waals surface area contributed by atoms with Gasteiger partial charge in [0.1, 0.15) is 5.82 Å².